The van der Waals surface area contributed by atoms with Crippen molar-refractivity contribution in [3.05, 3.63) is 46.1 Å². The highest BCUT2D eigenvalue weighted by Crippen LogP contribution is 2.32. The molecule has 4 atom stereocenters. The quantitative estimate of drug-likeness (QED) is 0.456. The van der Waals surface area contributed by atoms with Crippen molar-refractivity contribution in [1.82, 2.24) is 19.5 Å². The first-order valence-electron chi connectivity index (χ1n) is 8.31. The maximum absolute atomic E-state index is 10.4. The molecule has 0 unspecified atom stereocenters. The second kappa shape index (κ2) is 7.64. The Bertz CT molecular complexity index is 952. The second-order valence-corrected chi connectivity index (χ2v) is 7.52. The first-order valence-corrected chi connectivity index (χ1v) is 9.39. The third-order valence-corrected chi connectivity index (χ3v) is 5.11. The SMILES string of the molecule is Nc1ncnc2c1ncn2[C@@H]1O[C@H](COCc2cccc(I)c2)[C@@H](O)[C@H]1O. The highest BCUT2D eigenvalue weighted by Gasteiger charge is 2.44. The predicted molar refractivity (Wildman–Crippen MR) is 104 cm³/mol. The average molecular weight is 483 g/mol. The minimum absolute atomic E-state index is 0.143. The molecule has 9 nitrogen and oxygen atoms in total. The molecule has 1 saturated heterocycles. The third kappa shape index (κ3) is 3.62. The van der Waals surface area contributed by atoms with Gasteiger partial charge in [-0.2, -0.15) is 0 Å². The lowest BCUT2D eigenvalue weighted by Gasteiger charge is -2.16. The van der Waals surface area contributed by atoms with Crippen LogP contribution in [0.5, 0.6) is 0 Å². The first kappa shape index (κ1) is 18.5. The summed E-state index contributed by atoms with van der Waals surface area (Å²) in [7, 11) is 0. The van der Waals surface area contributed by atoms with Crippen molar-refractivity contribution in [3.63, 3.8) is 0 Å². The van der Waals surface area contributed by atoms with Crippen LogP contribution in [0.2, 0.25) is 0 Å². The topological polar surface area (TPSA) is 129 Å². The molecular weight excluding hydrogens is 465 g/mol. The number of ether oxygens (including phenoxy) is 2. The van der Waals surface area contributed by atoms with E-state index in [1.165, 1.54) is 12.7 Å². The van der Waals surface area contributed by atoms with Gasteiger partial charge in [0.25, 0.3) is 0 Å². The van der Waals surface area contributed by atoms with Gasteiger partial charge >= 0.3 is 0 Å². The van der Waals surface area contributed by atoms with Gasteiger partial charge in [-0.05, 0) is 40.3 Å². The van der Waals surface area contributed by atoms with Crippen LogP contribution in [0.3, 0.4) is 0 Å². The number of rotatable bonds is 5. The maximum Gasteiger partial charge on any atom is 0.167 e. The minimum Gasteiger partial charge on any atom is -0.387 e. The number of nitrogen functional groups attached to an aromatic ring is 1. The van der Waals surface area contributed by atoms with E-state index in [1.807, 2.05) is 24.3 Å². The Morgan fingerprint density at radius 2 is 2.07 bits per heavy atom. The number of hydrogen-bond acceptors (Lipinski definition) is 8. The van der Waals surface area contributed by atoms with Gasteiger partial charge in [0.2, 0.25) is 0 Å². The minimum atomic E-state index is -1.15. The number of fused-ring (bicyclic) bond motifs is 1. The summed E-state index contributed by atoms with van der Waals surface area (Å²) in [5, 5.41) is 20.8. The Hall–Kier alpha value is -1.86. The number of aromatic nitrogens is 4. The summed E-state index contributed by atoms with van der Waals surface area (Å²) in [6.07, 6.45) is -0.983. The average Bonchev–Trinajstić information content (AvgIpc) is 3.19. The van der Waals surface area contributed by atoms with Gasteiger partial charge in [-0.15, -0.1) is 0 Å². The zero-order valence-electron chi connectivity index (χ0n) is 14.1. The number of halogens is 1. The second-order valence-electron chi connectivity index (χ2n) is 6.27. The van der Waals surface area contributed by atoms with Crippen molar-refractivity contribution < 1.29 is 19.7 Å². The Morgan fingerprint density at radius 1 is 1.22 bits per heavy atom. The molecule has 3 heterocycles. The number of aliphatic hydroxyl groups is 2. The van der Waals surface area contributed by atoms with Crippen LogP contribution in [0.1, 0.15) is 11.8 Å². The van der Waals surface area contributed by atoms with E-state index in [2.05, 4.69) is 37.5 Å². The molecule has 0 amide bonds. The monoisotopic (exact) mass is 483 g/mol. The van der Waals surface area contributed by atoms with Gasteiger partial charge in [-0.25, -0.2) is 15.0 Å². The predicted octanol–water partition coefficient (Wildman–Crippen LogP) is 0.849. The molecule has 0 radical (unpaired) electrons. The van der Waals surface area contributed by atoms with Crippen molar-refractivity contribution >= 4 is 39.6 Å². The lowest BCUT2D eigenvalue weighted by molar-refractivity contribution is -0.0682. The summed E-state index contributed by atoms with van der Waals surface area (Å²) < 4.78 is 14.2. The number of imidazole rings is 1. The zero-order chi connectivity index (χ0) is 19.0. The number of nitrogens with zero attached hydrogens (tertiary/aromatic N) is 4. The van der Waals surface area contributed by atoms with Crippen LogP contribution in [0.4, 0.5) is 5.82 Å². The summed E-state index contributed by atoms with van der Waals surface area (Å²) >= 11 is 2.24. The van der Waals surface area contributed by atoms with Crippen LogP contribution in [0.15, 0.2) is 36.9 Å². The molecular formula is C17H18IN5O4. The van der Waals surface area contributed by atoms with E-state index in [1.54, 1.807) is 4.57 Å². The van der Waals surface area contributed by atoms with Crippen LogP contribution in [-0.4, -0.2) is 54.7 Å². The summed E-state index contributed by atoms with van der Waals surface area (Å²) in [6, 6.07) is 7.94. The Labute approximate surface area is 168 Å². The van der Waals surface area contributed by atoms with Crippen molar-refractivity contribution in [3.8, 4) is 0 Å². The summed E-state index contributed by atoms with van der Waals surface area (Å²) in [5.74, 6) is 0.240. The van der Waals surface area contributed by atoms with Gasteiger partial charge in [0, 0.05) is 3.57 Å². The molecule has 1 fully saturated rings. The summed E-state index contributed by atoms with van der Waals surface area (Å²) in [6.45, 7) is 0.534. The van der Waals surface area contributed by atoms with Gasteiger partial charge in [0.1, 0.15) is 30.2 Å². The number of aliphatic hydroxyl groups excluding tert-OH is 2. The van der Waals surface area contributed by atoms with Crippen LogP contribution in [0, 0.1) is 3.57 Å². The fourth-order valence-electron chi connectivity index (χ4n) is 3.07. The Kier molecular flexibility index (Phi) is 5.23. The molecule has 1 aromatic carbocycles. The number of anilines is 1. The van der Waals surface area contributed by atoms with Crippen LogP contribution < -0.4 is 5.73 Å². The zero-order valence-corrected chi connectivity index (χ0v) is 16.3. The van der Waals surface area contributed by atoms with E-state index in [0.717, 1.165) is 9.13 Å². The first-order chi connectivity index (χ1) is 13.0. The molecule has 0 bridgehead atoms. The van der Waals surface area contributed by atoms with Gasteiger partial charge < -0.3 is 25.4 Å². The maximum atomic E-state index is 10.4. The fraction of sp³-hybridized carbons (Fsp3) is 0.353. The Morgan fingerprint density at radius 3 is 2.89 bits per heavy atom. The van der Waals surface area contributed by atoms with Crippen LogP contribution in [0.25, 0.3) is 11.2 Å². The normalized spacial score (nSPS) is 25.3. The van der Waals surface area contributed by atoms with E-state index in [4.69, 9.17) is 15.2 Å². The summed E-state index contributed by atoms with van der Waals surface area (Å²) in [5.41, 5.74) is 7.66. The van der Waals surface area contributed by atoms with E-state index in [-0.39, 0.29) is 12.4 Å². The van der Waals surface area contributed by atoms with E-state index in [9.17, 15) is 10.2 Å². The van der Waals surface area contributed by atoms with Gasteiger partial charge in [-0.1, -0.05) is 12.1 Å². The number of hydrogen-bond donors (Lipinski definition) is 3. The molecule has 0 spiro atoms. The van der Waals surface area contributed by atoms with Crippen LogP contribution >= 0.6 is 22.6 Å². The largest absolute Gasteiger partial charge is 0.387 e. The highest BCUT2D eigenvalue weighted by atomic mass is 127. The van der Waals surface area contributed by atoms with Crippen molar-refractivity contribution in [2.24, 2.45) is 0 Å². The molecule has 3 aromatic rings. The third-order valence-electron chi connectivity index (χ3n) is 4.44. The van der Waals surface area contributed by atoms with Gasteiger partial charge in [-0.3, -0.25) is 4.57 Å². The fourth-order valence-corrected chi connectivity index (χ4v) is 3.68. The summed E-state index contributed by atoms with van der Waals surface area (Å²) in [4.78, 5) is 12.2. The molecule has 27 heavy (non-hydrogen) atoms. The van der Waals surface area contributed by atoms with Crippen LogP contribution in [-0.2, 0) is 16.1 Å². The smallest absolute Gasteiger partial charge is 0.167 e. The highest BCUT2D eigenvalue weighted by molar-refractivity contribution is 14.1. The van der Waals surface area contributed by atoms with E-state index in [0.29, 0.717) is 17.8 Å². The van der Waals surface area contributed by atoms with E-state index >= 15 is 0 Å². The lowest BCUT2D eigenvalue weighted by Crippen LogP contribution is -2.33. The van der Waals surface area contributed by atoms with E-state index < -0.39 is 24.5 Å². The van der Waals surface area contributed by atoms with Gasteiger partial charge in [0.05, 0.1) is 19.5 Å². The van der Waals surface area contributed by atoms with Crippen molar-refractivity contribution in [2.75, 3.05) is 12.3 Å². The standard InChI is InChI=1S/C17H18IN5O4/c18-10-3-1-2-9(4-10)5-26-6-11-13(24)14(25)17(27-11)23-8-22-12-15(19)20-7-21-16(12)23/h1-4,7-8,11,13-14,17,24-25H,5-6H2,(H2,19,20,21)/t11-,13-,14-,17-/m1/s1. The van der Waals surface area contributed by atoms with Gasteiger partial charge in [0.15, 0.2) is 17.7 Å². The Balaban J connectivity index is 1.45. The lowest BCUT2D eigenvalue weighted by atomic mass is 10.1. The molecule has 2 aromatic heterocycles. The van der Waals surface area contributed by atoms with Crippen molar-refractivity contribution in [2.45, 2.75) is 31.1 Å². The molecule has 1 aliphatic heterocycles. The molecule has 1 aliphatic rings. The number of benzene rings is 1. The molecule has 142 valence electrons. The molecule has 4 N–H and O–H groups in total. The molecule has 4 rings (SSSR count). The number of nitrogens with two attached hydrogens (primary N) is 1. The van der Waals surface area contributed by atoms with Crippen molar-refractivity contribution in [1.29, 1.82) is 0 Å². The molecule has 10 heteroatoms. The molecule has 0 saturated carbocycles. The molecule has 0 aliphatic carbocycles.